The van der Waals surface area contributed by atoms with Crippen molar-refractivity contribution in [3.05, 3.63) is 53.6 Å². The molecule has 1 amide bonds. The molecule has 1 aliphatic rings. The van der Waals surface area contributed by atoms with Gasteiger partial charge < -0.3 is 10.2 Å². The van der Waals surface area contributed by atoms with Gasteiger partial charge in [0, 0.05) is 37.4 Å². The molecule has 1 N–H and O–H groups in total. The van der Waals surface area contributed by atoms with E-state index in [1.165, 1.54) is 19.3 Å². The van der Waals surface area contributed by atoms with Crippen LogP contribution in [0.15, 0.2) is 42.9 Å². The van der Waals surface area contributed by atoms with Crippen LogP contribution in [0.3, 0.4) is 0 Å². The standard InChI is InChI=1S/C18H18ClN5O/c19-14-11-13(5-6-16(14)23-8-2-1-3-9-23)21-17(25)15-12-24-10-4-7-20-18(24)22-15/h4-7,10-12H,1-3,8-9H2,(H,21,25). The van der Waals surface area contributed by atoms with Crippen LogP contribution in [0.4, 0.5) is 11.4 Å². The van der Waals surface area contributed by atoms with Crippen molar-refractivity contribution in [2.45, 2.75) is 19.3 Å². The average Bonchev–Trinajstić information content (AvgIpc) is 3.07. The highest BCUT2D eigenvalue weighted by molar-refractivity contribution is 6.33. The number of rotatable bonds is 3. The number of aromatic nitrogens is 3. The molecule has 0 atom stereocenters. The van der Waals surface area contributed by atoms with Crippen molar-refractivity contribution in [2.75, 3.05) is 23.3 Å². The molecule has 0 saturated carbocycles. The van der Waals surface area contributed by atoms with Gasteiger partial charge in [0.25, 0.3) is 5.91 Å². The lowest BCUT2D eigenvalue weighted by atomic mass is 10.1. The zero-order chi connectivity index (χ0) is 17.2. The average molecular weight is 356 g/mol. The van der Waals surface area contributed by atoms with Gasteiger partial charge >= 0.3 is 0 Å². The number of piperidine rings is 1. The molecule has 1 fully saturated rings. The van der Waals surface area contributed by atoms with Crippen molar-refractivity contribution in [1.29, 1.82) is 0 Å². The number of hydrogen-bond acceptors (Lipinski definition) is 4. The Morgan fingerprint density at radius 1 is 1.20 bits per heavy atom. The van der Waals surface area contributed by atoms with Gasteiger partial charge in [0.05, 0.1) is 10.7 Å². The van der Waals surface area contributed by atoms with E-state index in [9.17, 15) is 4.79 Å². The maximum atomic E-state index is 12.4. The summed E-state index contributed by atoms with van der Waals surface area (Å²) < 4.78 is 1.71. The molecular weight excluding hydrogens is 338 g/mol. The van der Waals surface area contributed by atoms with E-state index in [1.54, 1.807) is 35.1 Å². The van der Waals surface area contributed by atoms with Crippen LogP contribution in [-0.4, -0.2) is 33.4 Å². The summed E-state index contributed by atoms with van der Waals surface area (Å²) in [7, 11) is 0. The third-order valence-electron chi connectivity index (χ3n) is 4.37. The van der Waals surface area contributed by atoms with Crippen LogP contribution in [0.25, 0.3) is 5.78 Å². The van der Waals surface area contributed by atoms with Crippen molar-refractivity contribution in [1.82, 2.24) is 14.4 Å². The SMILES string of the molecule is O=C(Nc1ccc(N2CCCCC2)c(Cl)c1)c1cn2cccnc2n1. The number of nitrogens with zero attached hydrogens (tertiary/aromatic N) is 4. The quantitative estimate of drug-likeness (QED) is 0.779. The number of hydrogen-bond donors (Lipinski definition) is 1. The predicted octanol–water partition coefficient (Wildman–Crippen LogP) is 3.63. The lowest BCUT2D eigenvalue weighted by molar-refractivity contribution is 0.102. The molecule has 1 saturated heterocycles. The molecule has 1 aromatic carbocycles. The smallest absolute Gasteiger partial charge is 0.275 e. The van der Waals surface area contributed by atoms with Gasteiger partial charge in [-0.3, -0.25) is 9.20 Å². The second kappa shape index (κ2) is 6.72. The topological polar surface area (TPSA) is 62.5 Å². The van der Waals surface area contributed by atoms with Crippen LogP contribution in [0, 0.1) is 0 Å². The van der Waals surface area contributed by atoms with E-state index in [1.807, 2.05) is 12.1 Å². The minimum atomic E-state index is -0.285. The summed E-state index contributed by atoms with van der Waals surface area (Å²) in [6.07, 6.45) is 8.75. The fraction of sp³-hybridized carbons (Fsp3) is 0.278. The van der Waals surface area contributed by atoms with E-state index < -0.39 is 0 Å². The minimum absolute atomic E-state index is 0.285. The largest absolute Gasteiger partial charge is 0.370 e. The fourth-order valence-electron chi connectivity index (χ4n) is 3.11. The number of amides is 1. The monoisotopic (exact) mass is 355 g/mol. The third-order valence-corrected chi connectivity index (χ3v) is 4.67. The number of nitrogens with one attached hydrogen (secondary N) is 1. The number of carbonyl (C=O) groups is 1. The first-order valence-corrected chi connectivity index (χ1v) is 8.74. The lowest BCUT2D eigenvalue weighted by Crippen LogP contribution is -2.29. The van der Waals surface area contributed by atoms with Crippen molar-refractivity contribution >= 4 is 34.7 Å². The van der Waals surface area contributed by atoms with Gasteiger partial charge in [0.15, 0.2) is 0 Å². The van der Waals surface area contributed by atoms with Gasteiger partial charge in [-0.1, -0.05) is 11.6 Å². The normalized spacial score (nSPS) is 14.7. The van der Waals surface area contributed by atoms with Crippen molar-refractivity contribution in [3.8, 4) is 0 Å². The summed E-state index contributed by atoms with van der Waals surface area (Å²) in [5.74, 6) is 0.207. The summed E-state index contributed by atoms with van der Waals surface area (Å²) >= 11 is 6.43. The Kier molecular flexibility index (Phi) is 4.28. The summed E-state index contributed by atoms with van der Waals surface area (Å²) in [5.41, 5.74) is 1.99. The number of benzene rings is 1. The van der Waals surface area contributed by atoms with Crippen LogP contribution in [0.5, 0.6) is 0 Å². The molecule has 0 spiro atoms. The Morgan fingerprint density at radius 2 is 2.04 bits per heavy atom. The van der Waals surface area contributed by atoms with E-state index in [0.29, 0.717) is 22.2 Å². The molecule has 1 aliphatic heterocycles. The Hall–Kier alpha value is -2.60. The molecule has 0 unspecified atom stereocenters. The van der Waals surface area contributed by atoms with Gasteiger partial charge in [-0.05, 0) is 43.5 Å². The molecule has 0 radical (unpaired) electrons. The zero-order valence-electron chi connectivity index (χ0n) is 13.7. The van der Waals surface area contributed by atoms with E-state index in [-0.39, 0.29) is 5.91 Å². The Morgan fingerprint density at radius 3 is 2.80 bits per heavy atom. The first-order valence-electron chi connectivity index (χ1n) is 8.36. The maximum absolute atomic E-state index is 12.4. The third kappa shape index (κ3) is 3.30. The molecule has 0 bridgehead atoms. The molecule has 128 valence electrons. The minimum Gasteiger partial charge on any atom is -0.370 e. The summed E-state index contributed by atoms with van der Waals surface area (Å²) in [4.78, 5) is 23.0. The molecule has 2 aromatic heterocycles. The highest BCUT2D eigenvalue weighted by Crippen LogP contribution is 2.30. The highest BCUT2D eigenvalue weighted by atomic mass is 35.5. The van der Waals surface area contributed by atoms with Gasteiger partial charge in [-0.25, -0.2) is 9.97 Å². The molecule has 25 heavy (non-hydrogen) atoms. The number of fused-ring (bicyclic) bond motifs is 1. The lowest BCUT2D eigenvalue weighted by Gasteiger charge is -2.29. The Labute approximate surface area is 150 Å². The van der Waals surface area contributed by atoms with Gasteiger partial charge in [-0.2, -0.15) is 0 Å². The van der Waals surface area contributed by atoms with Crippen molar-refractivity contribution in [3.63, 3.8) is 0 Å². The summed E-state index contributed by atoms with van der Waals surface area (Å²) in [5, 5.41) is 3.49. The van der Waals surface area contributed by atoms with Crippen LogP contribution >= 0.6 is 11.6 Å². The van der Waals surface area contributed by atoms with E-state index >= 15 is 0 Å². The highest BCUT2D eigenvalue weighted by Gasteiger charge is 2.16. The second-order valence-corrected chi connectivity index (χ2v) is 6.53. The molecule has 7 heteroatoms. The van der Waals surface area contributed by atoms with Crippen LogP contribution < -0.4 is 10.2 Å². The zero-order valence-corrected chi connectivity index (χ0v) is 14.4. The summed E-state index contributed by atoms with van der Waals surface area (Å²) in [6, 6.07) is 7.42. The first-order chi connectivity index (χ1) is 12.2. The number of anilines is 2. The Balaban J connectivity index is 1.52. The van der Waals surface area contributed by atoms with Gasteiger partial charge in [-0.15, -0.1) is 0 Å². The molecule has 0 aliphatic carbocycles. The van der Waals surface area contributed by atoms with Crippen LogP contribution in [0.2, 0.25) is 5.02 Å². The van der Waals surface area contributed by atoms with Crippen molar-refractivity contribution in [2.24, 2.45) is 0 Å². The maximum Gasteiger partial charge on any atom is 0.275 e. The molecule has 3 aromatic rings. The number of halogens is 1. The van der Waals surface area contributed by atoms with E-state index in [0.717, 1.165) is 18.8 Å². The van der Waals surface area contributed by atoms with Crippen molar-refractivity contribution < 1.29 is 4.79 Å². The number of imidazole rings is 1. The van der Waals surface area contributed by atoms with E-state index in [4.69, 9.17) is 11.6 Å². The summed E-state index contributed by atoms with van der Waals surface area (Å²) in [6.45, 7) is 2.05. The van der Waals surface area contributed by atoms with Crippen LogP contribution in [-0.2, 0) is 0 Å². The molecule has 3 heterocycles. The first kappa shape index (κ1) is 15.9. The number of carbonyl (C=O) groups excluding carboxylic acids is 1. The van der Waals surface area contributed by atoms with Gasteiger partial charge in [0.1, 0.15) is 5.69 Å². The predicted molar refractivity (Wildman–Crippen MR) is 98.5 cm³/mol. The van der Waals surface area contributed by atoms with E-state index in [2.05, 4.69) is 20.2 Å². The molecule has 4 rings (SSSR count). The fourth-order valence-corrected chi connectivity index (χ4v) is 3.41. The Bertz CT molecular complexity index is 884. The van der Waals surface area contributed by atoms with Crippen LogP contribution in [0.1, 0.15) is 29.8 Å². The molecular formula is C18H18ClN5O. The second-order valence-electron chi connectivity index (χ2n) is 6.12. The molecule has 6 nitrogen and oxygen atoms in total. The van der Waals surface area contributed by atoms with Gasteiger partial charge in [0.2, 0.25) is 5.78 Å².